The Morgan fingerprint density at radius 1 is 0.886 bits per heavy atom. The summed E-state index contributed by atoms with van der Waals surface area (Å²) in [5, 5.41) is 2.72. The normalized spacial score (nSPS) is 11.4. The maximum Gasteiger partial charge on any atom is 0.279 e. The van der Waals surface area contributed by atoms with Gasteiger partial charge < -0.3 is 10.1 Å². The highest BCUT2D eigenvalue weighted by molar-refractivity contribution is 6.11. The van der Waals surface area contributed by atoms with Crippen LogP contribution in [0.2, 0.25) is 0 Å². The summed E-state index contributed by atoms with van der Waals surface area (Å²) < 4.78 is 32.3. The molecule has 9 heteroatoms. The van der Waals surface area contributed by atoms with Crippen molar-refractivity contribution in [3.8, 4) is 5.75 Å². The van der Waals surface area contributed by atoms with Crippen molar-refractivity contribution in [2.45, 2.75) is 6.04 Å². The molecular formula is C26H20F2N4O3. The molecule has 0 unspecified atom stereocenters. The fourth-order valence-corrected chi connectivity index (χ4v) is 3.47. The molecule has 2 amide bonds. The number of hydrogen-bond donors (Lipinski definition) is 1. The Bertz CT molecular complexity index is 1300. The van der Waals surface area contributed by atoms with Gasteiger partial charge in [-0.25, -0.2) is 13.8 Å². The van der Waals surface area contributed by atoms with Crippen LogP contribution in [0.1, 0.15) is 22.1 Å². The Labute approximate surface area is 200 Å². The lowest BCUT2D eigenvalue weighted by atomic mass is 10.0. The number of benzene rings is 3. The third-order valence-electron chi connectivity index (χ3n) is 5.16. The van der Waals surface area contributed by atoms with E-state index >= 15 is 0 Å². The summed E-state index contributed by atoms with van der Waals surface area (Å²) in [6.45, 7) is 0. The highest BCUT2D eigenvalue weighted by Gasteiger charge is 2.34. The van der Waals surface area contributed by atoms with Gasteiger partial charge in [0.25, 0.3) is 11.8 Å². The highest BCUT2D eigenvalue weighted by atomic mass is 19.1. The number of carbonyl (C=O) groups is 2. The predicted molar refractivity (Wildman–Crippen MR) is 126 cm³/mol. The van der Waals surface area contributed by atoms with E-state index in [9.17, 15) is 18.4 Å². The van der Waals surface area contributed by atoms with Crippen molar-refractivity contribution < 1.29 is 23.1 Å². The Hall–Kier alpha value is -4.66. The third-order valence-corrected chi connectivity index (χ3v) is 5.16. The number of halogens is 2. The van der Waals surface area contributed by atoms with Crippen molar-refractivity contribution in [3.63, 3.8) is 0 Å². The molecule has 0 fully saturated rings. The van der Waals surface area contributed by atoms with Crippen LogP contribution in [0, 0.1) is 11.6 Å². The van der Waals surface area contributed by atoms with E-state index in [2.05, 4.69) is 15.3 Å². The number of ether oxygens (including phenoxy) is 1. The van der Waals surface area contributed by atoms with Crippen LogP contribution in [-0.2, 0) is 4.79 Å². The van der Waals surface area contributed by atoms with Crippen molar-refractivity contribution in [1.82, 2.24) is 9.97 Å². The summed E-state index contributed by atoms with van der Waals surface area (Å²) in [4.78, 5) is 36.5. The molecule has 35 heavy (non-hydrogen) atoms. The molecule has 1 heterocycles. The summed E-state index contributed by atoms with van der Waals surface area (Å²) in [5.41, 5.74) is 1.04. The molecule has 4 aromatic rings. The van der Waals surface area contributed by atoms with Gasteiger partial charge in [-0.05, 0) is 66.2 Å². The molecule has 1 aromatic heterocycles. The van der Waals surface area contributed by atoms with Crippen LogP contribution in [0.4, 0.5) is 20.2 Å². The second-order valence-corrected chi connectivity index (χ2v) is 7.41. The zero-order valence-electron chi connectivity index (χ0n) is 18.6. The molecule has 176 valence electrons. The first-order valence-corrected chi connectivity index (χ1v) is 10.5. The van der Waals surface area contributed by atoms with Crippen LogP contribution in [0.25, 0.3) is 0 Å². The Kier molecular flexibility index (Phi) is 7.06. The summed E-state index contributed by atoms with van der Waals surface area (Å²) in [6.07, 6.45) is 4.06. The molecule has 7 nitrogen and oxygen atoms in total. The maximum absolute atomic E-state index is 13.7. The number of amides is 2. The maximum atomic E-state index is 13.7. The van der Waals surface area contributed by atoms with E-state index in [1.807, 2.05) is 0 Å². The average Bonchev–Trinajstić information content (AvgIpc) is 2.89. The molecule has 0 aliphatic heterocycles. The van der Waals surface area contributed by atoms with Gasteiger partial charge in [0.15, 0.2) is 0 Å². The summed E-state index contributed by atoms with van der Waals surface area (Å²) in [5.74, 6) is -1.61. The van der Waals surface area contributed by atoms with Gasteiger partial charge in [-0.3, -0.25) is 19.5 Å². The molecule has 3 aromatic carbocycles. The van der Waals surface area contributed by atoms with Crippen LogP contribution in [0.3, 0.4) is 0 Å². The number of carbonyl (C=O) groups excluding carboxylic acids is 2. The molecule has 0 aliphatic carbocycles. The van der Waals surface area contributed by atoms with Gasteiger partial charge in [0.05, 0.1) is 13.3 Å². The third kappa shape index (κ3) is 5.47. The second-order valence-electron chi connectivity index (χ2n) is 7.41. The molecule has 1 N–H and O–H groups in total. The van der Waals surface area contributed by atoms with E-state index in [-0.39, 0.29) is 11.4 Å². The molecule has 0 bridgehead atoms. The van der Waals surface area contributed by atoms with Gasteiger partial charge in [-0.1, -0.05) is 12.1 Å². The smallest absolute Gasteiger partial charge is 0.279 e. The van der Waals surface area contributed by atoms with Crippen LogP contribution in [0.5, 0.6) is 5.75 Å². The molecule has 0 saturated carbocycles. The lowest BCUT2D eigenvalue weighted by molar-refractivity contribution is -0.117. The monoisotopic (exact) mass is 474 g/mol. The Morgan fingerprint density at radius 2 is 1.51 bits per heavy atom. The minimum atomic E-state index is -1.20. The van der Waals surface area contributed by atoms with Gasteiger partial charge in [-0.15, -0.1) is 0 Å². The fourth-order valence-electron chi connectivity index (χ4n) is 3.47. The number of nitrogens with one attached hydrogen (secondary N) is 1. The summed E-state index contributed by atoms with van der Waals surface area (Å²) >= 11 is 0. The van der Waals surface area contributed by atoms with Gasteiger partial charge in [-0.2, -0.15) is 0 Å². The molecule has 0 radical (unpaired) electrons. The highest BCUT2D eigenvalue weighted by Crippen LogP contribution is 2.31. The zero-order chi connectivity index (χ0) is 24.8. The fraction of sp³-hybridized carbons (Fsp3) is 0.0769. The van der Waals surface area contributed by atoms with Gasteiger partial charge >= 0.3 is 0 Å². The minimum absolute atomic E-state index is 0.00933. The molecule has 0 spiro atoms. The number of hydrogen-bond acceptors (Lipinski definition) is 5. The topological polar surface area (TPSA) is 84.4 Å². The van der Waals surface area contributed by atoms with Crippen molar-refractivity contribution in [3.05, 3.63) is 114 Å². The van der Waals surface area contributed by atoms with Crippen LogP contribution in [0.15, 0.2) is 91.4 Å². The molecule has 4 rings (SSSR count). The molecule has 0 saturated heterocycles. The number of anilines is 2. The quantitative estimate of drug-likeness (QED) is 0.416. The summed E-state index contributed by atoms with van der Waals surface area (Å²) in [7, 11) is 1.51. The van der Waals surface area contributed by atoms with Gasteiger partial charge in [0.1, 0.15) is 29.1 Å². The Morgan fingerprint density at radius 3 is 2.09 bits per heavy atom. The van der Waals surface area contributed by atoms with Crippen molar-refractivity contribution >= 4 is 23.2 Å². The van der Waals surface area contributed by atoms with Crippen LogP contribution in [-0.4, -0.2) is 28.9 Å². The van der Waals surface area contributed by atoms with Crippen LogP contribution < -0.4 is 15.0 Å². The lowest BCUT2D eigenvalue weighted by Gasteiger charge is -2.31. The lowest BCUT2D eigenvalue weighted by Crippen LogP contribution is -2.42. The van der Waals surface area contributed by atoms with E-state index in [0.717, 1.165) is 0 Å². The number of methoxy groups -OCH3 is 1. The van der Waals surface area contributed by atoms with E-state index in [0.29, 0.717) is 17.0 Å². The van der Waals surface area contributed by atoms with E-state index in [1.54, 1.807) is 24.3 Å². The largest absolute Gasteiger partial charge is 0.497 e. The standard InChI is InChI=1S/C26H20F2N4O3/c1-35-22-12-2-17(3-13-22)24(25(33)31-20-8-4-18(27)5-9-20)32(21-10-6-19(28)7-11-21)26(34)23-16-29-14-15-30-23/h2-16,24H,1H3,(H,31,33)/t24-/m0/s1. The number of nitrogens with zero attached hydrogens (tertiary/aromatic N) is 3. The number of aromatic nitrogens is 2. The molecule has 1 atom stereocenters. The average molecular weight is 474 g/mol. The molecular weight excluding hydrogens is 454 g/mol. The van der Waals surface area contributed by atoms with E-state index in [4.69, 9.17) is 4.74 Å². The first-order valence-electron chi connectivity index (χ1n) is 10.5. The first kappa shape index (κ1) is 23.5. The minimum Gasteiger partial charge on any atom is -0.497 e. The second kappa shape index (κ2) is 10.5. The van der Waals surface area contributed by atoms with Crippen molar-refractivity contribution in [2.24, 2.45) is 0 Å². The SMILES string of the molecule is COc1ccc([C@@H](C(=O)Nc2ccc(F)cc2)N(C(=O)c2cnccn2)c2ccc(F)cc2)cc1. The van der Waals surface area contributed by atoms with Crippen molar-refractivity contribution in [2.75, 3.05) is 17.3 Å². The molecule has 0 aliphatic rings. The van der Waals surface area contributed by atoms with Crippen LogP contribution >= 0.6 is 0 Å². The van der Waals surface area contributed by atoms with Crippen molar-refractivity contribution in [1.29, 1.82) is 0 Å². The Balaban J connectivity index is 1.83. The number of rotatable bonds is 7. The van der Waals surface area contributed by atoms with E-state index in [1.165, 1.54) is 79.1 Å². The summed E-state index contributed by atoms with van der Waals surface area (Å²) in [6, 6.07) is 15.8. The van der Waals surface area contributed by atoms with Gasteiger partial charge in [0, 0.05) is 23.8 Å². The van der Waals surface area contributed by atoms with E-state index < -0.39 is 29.5 Å². The van der Waals surface area contributed by atoms with Gasteiger partial charge in [0.2, 0.25) is 0 Å². The first-order chi connectivity index (χ1) is 17.0. The predicted octanol–water partition coefficient (Wildman–Crippen LogP) is 4.79. The zero-order valence-corrected chi connectivity index (χ0v) is 18.6.